The molecule has 6 nitrogen and oxygen atoms in total. The molecule has 152 valence electrons. The second-order valence-electron chi connectivity index (χ2n) is 7.27. The summed E-state index contributed by atoms with van der Waals surface area (Å²) in [6.45, 7) is 10.6. The van der Waals surface area contributed by atoms with Crippen molar-refractivity contribution in [2.24, 2.45) is 16.8 Å². The number of likely N-dealkylation sites (tertiary alicyclic amines) is 1. The van der Waals surface area contributed by atoms with E-state index in [1.807, 2.05) is 0 Å². The topological polar surface area (TPSA) is 77.0 Å². The van der Waals surface area contributed by atoms with Gasteiger partial charge < -0.3 is 20.6 Å². The van der Waals surface area contributed by atoms with E-state index in [1.54, 1.807) is 12.1 Å². The highest BCUT2D eigenvalue weighted by atomic mass is 127. The monoisotopic (exact) mass is 488 g/mol. The Morgan fingerprint density at radius 3 is 2.63 bits per heavy atom. The van der Waals surface area contributed by atoms with Crippen LogP contribution < -0.4 is 10.6 Å². The molecule has 1 heterocycles. The molecule has 1 aromatic rings. The summed E-state index contributed by atoms with van der Waals surface area (Å²) in [5, 5.41) is 15.5. The molecule has 0 spiro atoms. The Hall–Kier alpha value is -1.51. The standard InChI is InChI=1S/C20H32N4O2.HI/c1-4-21-20(24-12-9-16(14-24)13-15(2)3)23-11-10-22-19(26)17-5-7-18(25)8-6-17;/h5-8,15-16,25H,4,9-14H2,1-3H3,(H,21,23)(H,22,26);1H. The maximum atomic E-state index is 12.1. The zero-order valence-corrected chi connectivity index (χ0v) is 18.9. The molecule has 0 aromatic heterocycles. The largest absolute Gasteiger partial charge is 0.508 e. The highest BCUT2D eigenvalue weighted by Crippen LogP contribution is 2.23. The van der Waals surface area contributed by atoms with Gasteiger partial charge in [0, 0.05) is 31.7 Å². The van der Waals surface area contributed by atoms with Gasteiger partial charge >= 0.3 is 0 Å². The minimum Gasteiger partial charge on any atom is -0.508 e. The Morgan fingerprint density at radius 1 is 1.30 bits per heavy atom. The average Bonchev–Trinajstić information content (AvgIpc) is 3.05. The number of phenolic OH excluding ortho intramolecular Hbond substituents is 1. The van der Waals surface area contributed by atoms with Crippen molar-refractivity contribution in [3.63, 3.8) is 0 Å². The van der Waals surface area contributed by atoms with E-state index in [4.69, 9.17) is 0 Å². The molecular weight excluding hydrogens is 455 g/mol. The van der Waals surface area contributed by atoms with Gasteiger partial charge in [0.15, 0.2) is 5.96 Å². The first-order valence-corrected chi connectivity index (χ1v) is 9.60. The van der Waals surface area contributed by atoms with Gasteiger partial charge in [-0.2, -0.15) is 0 Å². The van der Waals surface area contributed by atoms with Gasteiger partial charge in [-0.05, 0) is 55.9 Å². The Kier molecular flexibility index (Phi) is 10.5. The van der Waals surface area contributed by atoms with E-state index in [2.05, 4.69) is 41.3 Å². The summed E-state index contributed by atoms with van der Waals surface area (Å²) in [7, 11) is 0. The van der Waals surface area contributed by atoms with Crippen LogP contribution in [0.5, 0.6) is 5.75 Å². The molecule has 2 rings (SSSR count). The highest BCUT2D eigenvalue weighted by Gasteiger charge is 2.25. The molecule has 0 bridgehead atoms. The lowest BCUT2D eigenvalue weighted by atomic mass is 9.97. The summed E-state index contributed by atoms with van der Waals surface area (Å²) >= 11 is 0. The van der Waals surface area contributed by atoms with E-state index in [9.17, 15) is 9.90 Å². The van der Waals surface area contributed by atoms with Crippen LogP contribution in [0.1, 0.15) is 44.0 Å². The lowest BCUT2D eigenvalue weighted by Crippen LogP contribution is -2.40. The van der Waals surface area contributed by atoms with Crippen LogP contribution in [0.2, 0.25) is 0 Å². The number of rotatable bonds is 7. The molecule has 1 saturated heterocycles. The maximum absolute atomic E-state index is 12.1. The van der Waals surface area contributed by atoms with Gasteiger partial charge in [-0.15, -0.1) is 24.0 Å². The average molecular weight is 488 g/mol. The van der Waals surface area contributed by atoms with Gasteiger partial charge in [-0.25, -0.2) is 0 Å². The second-order valence-corrected chi connectivity index (χ2v) is 7.27. The Bertz CT molecular complexity index is 605. The fraction of sp³-hybridized carbons (Fsp3) is 0.600. The van der Waals surface area contributed by atoms with Crippen LogP contribution in [0.15, 0.2) is 29.3 Å². The number of amides is 1. The number of carbonyl (C=O) groups is 1. The van der Waals surface area contributed by atoms with Crippen LogP contribution in [0.25, 0.3) is 0 Å². The fourth-order valence-corrected chi connectivity index (χ4v) is 3.36. The lowest BCUT2D eigenvalue weighted by molar-refractivity contribution is 0.0955. The minimum atomic E-state index is -0.150. The van der Waals surface area contributed by atoms with Crippen LogP contribution in [0.4, 0.5) is 0 Å². The predicted octanol–water partition coefficient (Wildman–Crippen LogP) is 3.07. The molecule has 0 saturated carbocycles. The number of nitrogens with one attached hydrogen (secondary N) is 2. The molecule has 1 aliphatic heterocycles. The van der Waals surface area contributed by atoms with Crippen molar-refractivity contribution in [1.29, 1.82) is 0 Å². The Morgan fingerprint density at radius 2 is 2.00 bits per heavy atom. The number of phenols is 1. The molecule has 1 aliphatic rings. The molecule has 3 N–H and O–H groups in total. The number of hydrogen-bond acceptors (Lipinski definition) is 3. The second kappa shape index (κ2) is 12.0. The van der Waals surface area contributed by atoms with Gasteiger partial charge in [0.25, 0.3) is 5.91 Å². The Labute approximate surface area is 179 Å². The molecule has 1 fully saturated rings. The first kappa shape index (κ1) is 23.5. The van der Waals surface area contributed by atoms with E-state index >= 15 is 0 Å². The molecule has 1 unspecified atom stereocenters. The molecule has 0 aliphatic carbocycles. The van der Waals surface area contributed by atoms with Crippen LogP contribution in [-0.4, -0.2) is 54.6 Å². The Balaban J connectivity index is 0.00000364. The van der Waals surface area contributed by atoms with Crippen LogP contribution >= 0.6 is 24.0 Å². The number of hydrogen-bond donors (Lipinski definition) is 3. The number of benzene rings is 1. The van der Waals surface area contributed by atoms with Gasteiger partial charge in [0.05, 0.1) is 6.54 Å². The molecule has 7 heteroatoms. The molecule has 1 aromatic carbocycles. The molecule has 0 radical (unpaired) electrons. The third kappa shape index (κ3) is 7.94. The quantitative estimate of drug-likeness (QED) is 0.239. The predicted molar refractivity (Wildman–Crippen MR) is 121 cm³/mol. The smallest absolute Gasteiger partial charge is 0.251 e. The zero-order valence-electron chi connectivity index (χ0n) is 16.6. The number of carbonyl (C=O) groups excluding carboxylic acids is 1. The summed E-state index contributed by atoms with van der Waals surface area (Å²) < 4.78 is 0. The first-order valence-electron chi connectivity index (χ1n) is 9.60. The van der Waals surface area contributed by atoms with Crippen LogP contribution in [0, 0.1) is 11.8 Å². The molecule has 27 heavy (non-hydrogen) atoms. The minimum absolute atomic E-state index is 0. The summed E-state index contributed by atoms with van der Waals surface area (Å²) in [4.78, 5) is 19.1. The third-order valence-electron chi connectivity index (χ3n) is 4.51. The summed E-state index contributed by atoms with van der Waals surface area (Å²) in [6, 6.07) is 6.24. The van der Waals surface area contributed by atoms with Crippen molar-refractivity contribution in [3.05, 3.63) is 29.8 Å². The van der Waals surface area contributed by atoms with E-state index in [0.29, 0.717) is 18.7 Å². The lowest BCUT2D eigenvalue weighted by Gasteiger charge is -2.22. The van der Waals surface area contributed by atoms with E-state index in [-0.39, 0.29) is 35.6 Å². The van der Waals surface area contributed by atoms with Gasteiger partial charge in [0.2, 0.25) is 0 Å². The van der Waals surface area contributed by atoms with Crippen molar-refractivity contribution >= 4 is 35.8 Å². The van der Waals surface area contributed by atoms with E-state index < -0.39 is 0 Å². The fourth-order valence-electron chi connectivity index (χ4n) is 3.36. The zero-order chi connectivity index (χ0) is 18.9. The van der Waals surface area contributed by atoms with Crippen molar-refractivity contribution in [1.82, 2.24) is 15.5 Å². The molecular formula is C20H33IN4O2. The summed E-state index contributed by atoms with van der Waals surface area (Å²) in [5.41, 5.74) is 0.537. The van der Waals surface area contributed by atoms with Gasteiger partial charge in [-0.1, -0.05) is 13.8 Å². The van der Waals surface area contributed by atoms with Gasteiger partial charge in [0.1, 0.15) is 5.75 Å². The number of guanidine groups is 1. The van der Waals surface area contributed by atoms with Gasteiger partial charge in [-0.3, -0.25) is 9.79 Å². The normalized spacial score (nSPS) is 17.0. The molecule has 1 atom stereocenters. The molecule has 1 amide bonds. The van der Waals surface area contributed by atoms with E-state index in [0.717, 1.165) is 37.4 Å². The van der Waals surface area contributed by atoms with Crippen LogP contribution in [0.3, 0.4) is 0 Å². The van der Waals surface area contributed by atoms with Crippen molar-refractivity contribution in [2.45, 2.75) is 33.6 Å². The van der Waals surface area contributed by atoms with Crippen molar-refractivity contribution in [2.75, 3.05) is 32.7 Å². The number of nitrogens with zero attached hydrogens (tertiary/aromatic N) is 2. The maximum Gasteiger partial charge on any atom is 0.251 e. The first-order chi connectivity index (χ1) is 12.5. The number of halogens is 1. The summed E-state index contributed by atoms with van der Waals surface area (Å²) in [6.07, 6.45) is 2.48. The van der Waals surface area contributed by atoms with E-state index in [1.165, 1.54) is 25.0 Å². The number of aromatic hydroxyl groups is 1. The van der Waals surface area contributed by atoms with Crippen LogP contribution in [-0.2, 0) is 0 Å². The SMILES string of the molecule is CCNC(=NCCNC(=O)c1ccc(O)cc1)N1CCC(CC(C)C)C1.I. The third-order valence-corrected chi connectivity index (χ3v) is 4.51. The number of aliphatic imine (C=N–C) groups is 1. The van der Waals surface area contributed by atoms with Crippen molar-refractivity contribution < 1.29 is 9.90 Å². The summed E-state index contributed by atoms with van der Waals surface area (Å²) in [5.74, 6) is 2.42. The van der Waals surface area contributed by atoms with Crippen molar-refractivity contribution in [3.8, 4) is 5.75 Å². The highest BCUT2D eigenvalue weighted by molar-refractivity contribution is 14.0.